The lowest BCUT2D eigenvalue weighted by Crippen LogP contribution is -2.43. The first-order chi connectivity index (χ1) is 17.3. The third kappa shape index (κ3) is 4.96. The summed E-state index contributed by atoms with van der Waals surface area (Å²) in [6.07, 6.45) is 1.57. The smallest absolute Gasteiger partial charge is 0.281 e. The lowest BCUT2D eigenvalue weighted by atomic mass is 9.85. The molecule has 2 amide bonds. The minimum absolute atomic E-state index is 0.122. The maximum Gasteiger partial charge on any atom is 0.281 e. The van der Waals surface area contributed by atoms with Gasteiger partial charge in [0.2, 0.25) is 5.91 Å². The molecule has 3 aromatic carbocycles. The minimum Gasteiger partial charge on any atom is -0.372 e. The van der Waals surface area contributed by atoms with Crippen molar-refractivity contribution in [3.63, 3.8) is 0 Å². The molecule has 182 valence electrons. The van der Waals surface area contributed by atoms with Gasteiger partial charge in [-0.15, -0.1) is 0 Å². The summed E-state index contributed by atoms with van der Waals surface area (Å²) in [6, 6.07) is 27.1. The number of aromatic nitrogens is 1. The van der Waals surface area contributed by atoms with Gasteiger partial charge < -0.3 is 15.0 Å². The Morgan fingerprint density at radius 1 is 0.889 bits per heavy atom. The van der Waals surface area contributed by atoms with Crippen LogP contribution >= 0.6 is 0 Å². The summed E-state index contributed by atoms with van der Waals surface area (Å²) in [6.45, 7) is 5.41. The van der Waals surface area contributed by atoms with E-state index in [1.165, 1.54) is 6.92 Å². The minimum atomic E-state index is -1.90. The number of aryl methyl sites for hydroxylation is 1. The molecule has 0 aliphatic heterocycles. The largest absolute Gasteiger partial charge is 0.372 e. The summed E-state index contributed by atoms with van der Waals surface area (Å²) in [5.74, 6) is -0.776. The number of anilines is 1. The van der Waals surface area contributed by atoms with Gasteiger partial charge in [-0.3, -0.25) is 9.59 Å². The van der Waals surface area contributed by atoms with Gasteiger partial charge in [-0.25, -0.2) is 5.43 Å². The highest BCUT2D eigenvalue weighted by molar-refractivity contribution is 5.91. The van der Waals surface area contributed by atoms with Crippen molar-refractivity contribution in [3.8, 4) is 5.69 Å². The Hall–Kier alpha value is -4.49. The van der Waals surface area contributed by atoms with Crippen LogP contribution in [-0.4, -0.2) is 27.7 Å². The van der Waals surface area contributed by atoms with Crippen LogP contribution in [0.1, 0.15) is 35.0 Å². The van der Waals surface area contributed by atoms with Crippen molar-refractivity contribution in [1.82, 2.24) is 9.99 Å². The second kappa shape index (κ2) is 10.4. The van der Waals surface area contributed by atoms with Crippen LogP contribution in [0.5, 0.6) is 0 Å². The highest BCUT2D eigenvalue weighted by atomic mass is 16.3. The number of hydrogen-bond donors (Lipinski definition) is 3. The Morgan fingerprint density at radius 2 is 1.44 bits per heavy atom. The fourth-order valence-corrected chi connectivity index (χ4v) is 4.24. The van der Waals surface area contributed by atoms with Crippen molar-refractivity contribution in [2.75, 3.05) is 5.32 Å². The van der Waals surface area contributed by atoms with E-state index in [4.69, 9.17) is 0 Å². The van der Waals surface area contributed by atoms with Crippen molar-refractivity contribution in [3.05, 3.63) is 119 Å². The number of nitrogens with one attached hydrogen (secondary N) is 2. The zero-order valence-electron chi connectivity index (χ0n) is 20.4. The van der Waals surface area contributed by atoms with Gasteiger partial charge in [0.15, 0.2) is 5.60 Å². The Labute approximate surface area is 210 Å². The number of carbonyl (C=O) groups is 2. The van der Waals surface area contributed by atoms with Gasteiger partial charge in [-0.2, -0.15) is 5.10 Å². The molecule has 7 nitrogen and oxygen atoms in total. The van der Waals surface area contributed by atoms with Gasteiger partial charge in [-0.1, -0.05) is 60.7 Å². The van der Waals surface area contributed by atoms with E-state index in [-0.39, 0.29) is 5.91 Å². The average Bonchev–Trinajstić information content (AvgIpc) is 3.17. The fourth-order valence-electron chi connectivity index (χ4n) is 4.24. The molecule has 0 aliphatic rings. The highest BCUT2D eigenvalue weighted by Gasteiger charge is 2.39. The van der Waals surface area contributed by atoms with Gasteiger partial charge in [0.05, 0.1) is 6.21 Å². The zero-order chi connectivity index (χ0) is 25.7. The maximum atomic E-state index is 13.2. The van der Waals surface area contributed by atoms with Crippen LogP contribution in [0.2, 0.25) is 0 Å². The molecule has 3 N–H and O–H groups in total. The van der Waals surface area contributed by atoms with Gasteiger partial charge in [0.25, 0.3) is 5.91 Å². The van der Waals surface area contributed by atoms with Gasteiger partial charge in [-0.05, 0) is 55.3 Å². The number of nitrogens with zero attached hydrogens (tertiary/aromatic N) is 2. The molecule has 1 aromatic heterocycles. The molecular formula is C29H28N4O3. The number of amides is 2. The van der Waals surface area contributed by atoms with E-state index < -0.39 is 11.5 Å². The van der Waals surface area contributed by atoms with Gasteiger partial charge >= 0.3 is 0 Å². The molecule has 0 bridgehead atoms. The van der Waals surface area contributed by atoms with Crippen molar-refractivity contribution in [2.45, 2.75) is 26.4 Å². The standard InChI is InChI=1S/C29H28N4O3/c1-20-18-23(21(2)33(20)27-16-14-26(15-17-27)31-22(3)34)19-30-32-28(35)29(36,24-10-6-4-7-11-24)25-12-8-5-9-13-25/h4-19,36H,1-3H3,(H,31,34)(H,32,35). The van der Waals surface area contributed by atoms with E-state index in [1.807, 2.05) is 56.3 Å². The van der Waals surface area contributed by atoms with Crippen molar-refractivity contribution >= 4 is 23.7 Å². The Morgan fingerprint density at radius 3 is 1.97 bits per heavy atom. The number of aliphatic hydroxyl groups is 1. The summed E-state index contributed by atoms with van der Waals surface area (Å²) in [5.41, 5.74) is 5.92. The van der Waals surface area contributed by atoms with Gasteiger partial charge in [0, 0.05) is 35.2 Å². The monoisotopic (exact) mass is 480 g/mol. The lowest BCUT2D eigenvalue weighted by molar-refractivity contribution is -0.136. The van der Waals surface area contributed by atoms with Crippen LogP contribution in [0.4, 0.5) is 5.69 Å². The van der Waals surface area contributed by atoms with Gasteiger partial charge in [0.1, 0.15) is 0 Å². The summed E-state index contributed by atoms with van der Waals surface area (Å²) >= 11 is 0. The summed E-state index contributed by atoms with van der Waals surface area (Å²) < 4.78 is 2.06. The summed E-state index contributed by atoms with van der Waals surface area (Å²) in [5, 5.41) is 18.5. The van der Waals surface area contributed by atoms with Crippen LogP contribution in [0.15, 0.2) is 96.1 Å². The van der Waals surface area contributed by atoms with Crippen molar-refractivity contribution in [1.29, 1.82) is 0 Å². The first-order valence-corrected chi connectivity index (χ1v) is 11.5. The lowest BCUT2D eigenvalue weighted by Gasteiger charge is -2.27. The predicted molar refractivity (Wildman–Crippen MR) is 141 cm³/mol. The van der Waals surface area contributed by atoms with Crippen LogP contribution in [0.3, 0.4) is 0 Å². The molecule has 0 aliphatic carbocycles. The molecule has 4 aromatic rings. The predicted octanol–water partition coefficient (Wildman–Crippen LogP) is 4.44. The SMILES string of the molecule is CC(=O)Nc1ccc(-n2c(C)cc(C=NNC(=O)C(O)(c3ccccc3)c3ccccc3)c2C)cc1. The molecule has 0 spiro atoms. The van der Waals surface area contributed by atoms with Crippen LogP contribution < -0.4 is 10.7 Å². The molecule has 0 saturated carbocycles. The molecule has 0 saturated heterocycles. The molecule has 1 heterocycles. The van der Waals surface area contributed by atoms with Crippen molar-refractivity contribution in [2.24, 2.45) is 5.10 Å². The normalized spacial score (nSPS) is 11.4. The molecule has 7 heteroatoms. The van der Waals surface area contributed by atoms with Crippen LogP contribution in [0, 0.1) is 13.8 Å². The van der Waals surface area contributed by atoms with E-state index >= 15 is 0 Å². The van der Waals surface area contributed by atoms with Crippen LogP contribution in [-0.2, 0) is 15.2 Å². The molecule has 36 heavy (non-hydrogen) atoms. The Kier molecular flexibility index (Phi) is 7.12. The first kappa shape index (κ1) is 24.6. The molecule has 0 radical (unpaired) electrons. The Bertz CT molecular complexity index is 1350. The maximum absolute atomic E-state index is 13.2. The van der Waals surface area contributed by atoms with E-state index in [0.717, 1.165) is 28.3 Å². The van der Waals surface area contributed by atoms with E-state index in [2.05, 4.69) is 20.4 Å². The average molecular weight is 481 g/mol. The number of rotatable bonds is 7. The number of hydrazone groups is 1. The van der Waals surface area contributed by atoms with E-state index in [9.17, 15) is 14.7 Å². The fraction of sp³-hybridized carbons (Fsp3) is 0.138. The third-order valence-corrected chi connectivity index (χ3v) is 6.00. The molecule has 0 unspecified atom stereocenters. The topological polar surface area (TPSA) is 95.7 Å². The van der Waals surface area contributed by atoms with Crippen molar-refractivity contribution < 1.29 is 14.7 Å². The quantitative estimate of drug-likeness (QED) is 0.270. The molecule has 0 atom stereocenters. The van der Waals surface area contributed by atoms with E-state index in [0.29, 0.717) is 11.1 Å². The summed E-state index contributed by atoms with van der Waals surface area (Å²) in [7, 11) is 0. The molecule has 0 fully saturated rings. The molecule has 4 rings (SSSR count). The Balaban J connectivity index is 1.57. The summed E-state index contributed by atoms with van der Waals surface area (Å²) in [4.78, 5) is 24.5. The number of hydrogen-bond acceptors (Lipinski definition) is 4. The molecular weight excluding hydrogens is 452 g/mol. The van der Waals surface area contributed by atoms with E-state index in [1.54, 1.807) is 54.7 Å². The number of benzene rings is 3. The second-order valence-corrected chi connectivity index (χ2v) is 8.53. The zero-order valence-corrected chi connectivity index (χ0v) is 20.4. The highest BCUT2D eigenvalue weighted by Crippen LogP contribution is 2.30. The first-order valence-electron chi connectivity index (χ1n) is 11.5. The number of carbonyl (C=O) groups excluding carboxylic acids is 2. The van der Waals surface area contributed by atoms with Crippen LogP contribution in [0.25, 0.3) is 5.69 Å². The third-order valence-electron chi connectivity index (χ3n) is 6.00. The second-order valence-electron chi connectivity index (χ2n) is 8.53.